The Bertz CT molecular complexity index is 1130. The maximum atomic E-state index is 6.41. The Kier molecular flexibility index (Phi) is 5.11. The molecular formula is C23H21ClN4O2. The van der Waals surface area contributed by atoms with E-state index in [1.165, 1.54) is 5.56 Å². The van der Waals surface area contributed by atoms with Crippen LogP contribution in [0.4, 0.5) is 5.82 Å². The third-order valence-electron chi connectivity index (χ3n) is 5.50. The van der Waals surface area contributed by atoms with E-state index in [-0.39, 0.29) is 0 Å². The number of ether oxygens (including phenoxy) is 2. The van der Waals surface area contributed by atoms with E-state index in [0.29, 0.717) is 17.4 Å². The van der Waals surface area contributed by atoms with Crippen molar-refractivity contribution in [2.45, 2.75) is 6.54 Å². The molecule has 0 radical (unpaired) electrons. The van der Waals surface area contributed by atoms with Gasteiger partial charge in [-0.15, -0.1) is 0 Å². The van der Waals surface area contributed by atoms with Crippen molar-refractivity contribution >= 4 is 23.1 Å². The molecule has 6 nitrogen and oxygen atoms in total. The van der Waals surface area contributed by atoms with Crippen molar-refractivity contribution < 1.29 is 9.47 Å². The highest BCUT2D eigenvalue weighted by Gasteiger charge is 2.22. The number of benzene rings is 1. The lowest BCUT2D eigenvalue weighted by Crippen LogP contribution is -2.36. The van der Waals surface area contributed by atoms with E-state index in [2.05, 4.69) is 39.1 Å². The molecule has 0 spiro atoms. The number of halogens is 1. The van der Waals surface area contributed by atoms with Gasteiger partial charge >= 0.3 is 0 Å². The predicted molar refractivity (Wildman–Crippen MR) is 118 cm³/mol. The predicted octanol–water partition coefficient (Wildman–Crippen LogP) is 3.99. The summed E-state index contributed by atoms with van der Waals surface area (Å²) in [5.41, 5.74) is 6.08. The number of aromatic nitrogens is 2. The summed E-state index contributed by atoms with van der Waals surface area (Å²) in [4.78, 5) is 15.9. The maximum absolute atomic E-state index is 6.41. The number of pyridine rings is 2. The zero-order valence-corrected chi connectivity index (χ0v) is 17.4. The topological polar surface area (TPSA) is 59.8 Å². The molecule has 0 N–H and O–H groups in total. The van der Waals surface area contributed by atoms with E-state index in [1.807, 2.05) is 18.3 Å². The Morgan fingerprint density at radius 3 is 2.67 bits per heavy atom. The van der Waals surface area contributed by atoms with Crippen LogP contribution in [-0.2, 0) is 11.3 Å². The van der Waals surface area contributed by atoms with Crippen LogP contribution < -0.4 is 9.64 Å². The lowest BCUT2D eigenvalue weighted by Gasteiger charge is -2.28. The molecule has 1 fully saturated rings. The quantitative estimate of drug-likeness (QED) is 0.597. The molecule has 2 aliphatic rings. The van der Waals surface area contributed by atoms with E-state index in [1.54, 1.807) is 13.3 Å². The summed E-state index contributed by atoms with van der Waals surface area (Å²) in [6.45, 7) is 3.82. The fourth-order valence-electron chi connectivity index (χ4n) is 3.97. The largest absolute Gasteiger partial charge is 0.496 e. The summed E-state index contributed by atoms with van der Waals surface area (Å²) in [5, 5.41) is 0.421. The lowest BCUT2D eigenvalue weighted by atomic mass is 9.96. The third-order valence-corrected chi connectivity index (χ3v) is 5.79. The monoisotopic (exact) mass is 420 g/mol. The normalized spacial score (nSPS) is 15.7. The third kappa shape index (κ3) is 3.42. The molecule has 0 unspecified atom stereocenters. The molecule has 0 amide bonds. The zero-order valence-electron chi connectivity index (χ0n) is 16.6. The second kappa shape index (κ2) is 8.05. The van der Waals surface area contributed by atoms with Gasteiger partial charge in [-0.2, -0.15) is 0 Å². The molecule has 3 aromatic rings. The molecule has 7 heteroatoms. The number of morpholine rings is 1. The minimum absolute atomic E-state index is 0.421. The molecule has 0 saturated carbocycles. The Morgan fingerprint density at radius 1 is 1.00 bits per heavy atom. The van der Waals surface area contributed by atoms with E-state index >= 15 is 0 Å². The van der Waals surface area contributed by atoms with Crippen molar-refractivity contribution in [3.05, 3.63) is 70.6 Å². The van der Waals surface area contributed by atoms with Gasteiger partial charge in [0.2, 0.25) is 0 Å². The maximum Gasteiger partial charge on any atom is 0.140 e. The minimum atomic E-state index is 0.421. The molecule has 30 heavy (non-hydrogen) atoms. The Morgan fingerprint density at radius 2 is 1.83 bits per heavy atom. The first kappa shape index (κ1) is 19.0. The average molecular weight is 421 g/mol. The van der Waals surface area contributed by atoms with Crippen molar-refractivity contribution in [1.29, 1.82) is 0 Å². The molecule has 2 aromatic heterocycles. The van der Waals surface area contributed by atoms with Crippen LogP contribution in [0.3, 0.4) is 0 Å². The van der Waals surface area contributed by atoms with Gasteiger partial charge in [-0.05, 0) is 35.4 Å². The molecule has 0 aliphatic carbocycles. The first-order chi connectivity index (χ1) is 14.7. The second-order valence-corrected chi connectivity index (χ2v) is 7.58. The van der Waals surface area contributed by atoms with Crippen LogP contribution in [-0.4, -0.2) is 49.1 Å². The first-order valence-corrected chi connectivity index (χ1v) is 10.3. The Hall–Kier alpha value is -2.96. The first-order valence-electron chi connectivity index (χ1n) is 9.90. The van der Waals surface area contributed by atoms with Crippen molar-refractivity contribution in [3.63, 3.8) is 0 Å². The van der Waals surface area contributed by atoms with Gasteiger partial charge in [0.25, 0.3) is 0 Å². The van der Waals surface area contributed by atoms with Gasteiger partial charge in [-0.1, -0.05) is 23.7 Å². The number of hydrogen-bond donors (Lipinski definition) is 0. The smallest absolute Gasteiger partial charge is 0.140 e. The van der Waals surface area contributed by atoms with Gasteiger partial charge in [0, 0.05) is 36.6 Å². The molecule has 1 aromatic carbocycles. The molecule has 0 atom stereocenters. The highest BCUT2D eigenvalue weighted by molar-refractivity contribution is 6.32. The van der Waals surface area contributed by atoms with Crippen LogP contribution in [0.15, 0.2) is 53.8 Å². The molecule has 4 heterocycles. The summed E-state index contributed by atoms with van der Waals surface area (Å²) in [7, 11) is 1.64. The summed E-state index contributed by atoms with van der Waals surface area (Å²) < 4.78 is 11.0. The van der Waals surface area contributed by atoms with Gasteiger partial charge in [0.15, 0.2) is 0 Å². The number of nitrogens with zero attached hydrogens (tertiary/aromatic N) is 4. The van der Waals surface area contributed by atoms with Crippen molar-refractivity contribution in [2.24, 2.45) is 4.99 Å². The number of hydrogen-bond acceptors (Lipinski definition) is 6. The molecular weight excluding hydrogens is 400 g/mol. The van der Waals surface area contributed by atoms with Crippen LogP contribution >= 0.6 is 11.6 Å². The van der Waals surface area contributed by atoms with Gasteiger partial charge < -0.3 is 14.4 Å². The number of anilines is 1. The van der Waals surface area contributed by atoms with E-state index in [0.717, 1.165) is 60.1 Å². The Labute approximate surface area is 180 Å². The molecule has 2 aliphatic heterocycles. The van der Waals surface area contributed by atoms with Gasteiger partial charge in [-0.25, -0.2) is 9.97 Å². The van der Waals surface area contributed by atoms with E-state index < -0.39 is 0 Å². The van der Waals surface area contributed by atoms with Crippen LogP contribution in [0.5, 0.6) is 5.75 Å². The van der Waals surface area contributed by atoms with Crippen molar-refractivity contribution in [1.82, 2.24) is 9.97 Å². The van der Waals surface area contributed by atoms with Gasteiger partial charge in [-0.3, -0.25) is 4.99 Å². The molecule has 152 valence electrons. The zero-order chi connectivity index (χ0) is 20.5. The van der Waals surface area contributed by atoms with Gasteiger partial charge in [0.1, 0.15) is 16.7 Å². The molecule has 1 saturated heterocycles. The summed E-state index contributed by atoms with van der Waals surface area (Å²) in [6, 6.07) is 12.2. The Balaban J connectivity index is 1.53. The fraction of sp³-hybridized carbons (Fsp3) is 0.261. The van der Waals surface area contributed by atoms with E-state index in [4.69, 9.17) is 26.1 Å². The van der Waals surface area contributed by atoms with Crippen LogP contribution in [0.25, 0.3) is 11.1 Å². The lowest BCUT2D eigenvalue weighted by molar-refractivity contribution is 0.122. The molecule has 5 rings (SSSR count). The SMILES string of the molecule is COc1ccnc(Cl)c1-c1ccc2c(c1)C(c1ccnc(N3CCOCC3)c1)=NC2. The standard InChI is InChI=1S/C23H21ClN4O2/c1-29-19-5-7-26-23(24)21(19)15-2-3-17-14-27-22(18(17)12-15)16-4-6-25-20(13-16)28-8-10-30-11-9-28/h2-7,12-13H,8-11,14H2,1H3. The van der Waals surface area contributed by atoms with Crippen LogP contribution in [0.1, 0.15) is 16.7 Å². The number of methoxy groups -OCH3 is 1. The highest BCUT2D eigenvalue weighted by Crippen LogP contribution is 2.37. The van der Waals surface area contributed by atoms with Crippen molar-refractivity contribution in [2.75, 3.05) is 38.3 Å². The number of aliphatic imine (C=N–C) groups is 1. The summed E-state index contributed by atoms with van der Waals surface area (Å²) >= 11 is 6.41. The molecule has 0 bridgehead atoms. The van der Waals surface area contributed by atoms with E-state index in [9.17, 15) is 0 Å². The second-order valence-electron chi connectivity index (χ2n) is 7.22. The van der Waals surface area contributed by atoms with Crippen LogP contribution in [0.2, 0.25) is 5.15 Å². The minimum Gasteiger partial charge on any atom is -0.496 e. The highest BCUT2D eigenvalue weighted by atomic mass is 35.5. The van der Waals surface area contributed by atoms with Crippen molar-refractivity contribution in [3.8, 4) is 16.9 Å². The number of fused-ring (bicyclic) bond motifs is 1. The number of rotatable bonds is 4. The summed E-state index contributed by atoms with van der Waals surface area (Å²) in [6.07, 6.45) is 3.50. The van der Waals surface area contributed by atoms with Gasteiger partial charge in [0.05, 0.1) is 38.1 Å². The fourth-order valence-corrected chi connectivity index (χ4v) is 4.23. The summed E-state index contributed by atoms with van der Waals surface area (Å²) in [5.74, 6) is 1.66. The average Bonchev–Trinajstić information content (AvgIpc) is 3.23. The van der Waals surface area contributed by atoms with Crippen LogP contribution in [0, 0.1) is 0 Å².